The number of furan rings is 1. The third-order valence-corrected chi connectivity index (χ3v) is 6.82. The molecule has 0 saturated carbocycles. The molecule has 0 aliphatic rings. The number of nitrogens with zero attached hydrogens (tertiary/aromatic N) is 1. The first kappa shape index (κ1) is 29.3. The second-order valence-electron chi connectivity index (χ2n) is 11.0. The van der Waals surface area contributed by atoms with Crippen LogP contribution in [0.5, 0.6) is 0 Å². The van der Waals surface area contributed by atoms with Crippen LogP contribution in [0.25, 0.3) is 0 Å². The average Bonchev–Trinajstić information content (AvgIpc) is 3.31. The summed E-state index contributed by atoms with van der Waals surface area (Å²) in [5.41, 5.74) is 9.45. The van der Waals surface area contributed by atoms with Gasteiger partial charge in [-0.25, -0.2) is 0 Å². The molecule has 0 fully saturated rings. The molecule has 3 aromatic rings. The predicted molar refractivity (Wildman–Crippen MR) is 153 cm³/mol. The number of hydrogen-bond donors (Lipinski definition) is 2. The zero-order chi connectivity index (χ0) is 27.9. The molecule has 204 valence electrons. The molecule has 1 aromatic heterocycles. The Kier molecular flexibility index (Phi) is 9.68. The lowest BCUT2D eigenvalue weighted by atomic mass is 10.1. The van der Waals surface area contributed by atoms with Crippen LogP contribution in [0.3, 0.4) is 0 Å². The van der Waals surface area contributed by atoms with Gasteiger partial charge in [0.15, 0.2) is 0 Å². The summed E-state index contributed by atoms with van der Waals surface area (Å²) in [5.74, 6) is 0.387. The number of thioether (sulfide) groups is 1. The van der Waals surface area contributed by atoms with Gasteiger partial charge in [0, 0.05) is 11.4 Å². The summed E-state index contributed by atoms with van der Waals surface area (Å²) in [7, 11) is 0. The maximum Gasteiger partial charge on any atom is 0.322 e. The largest absolute Gasteiger partial charge is 0.468 e. The minimum absolute atomic E-state index is 0.150. The molecule has 38 heavy (non-hydrogen) atoms. The number of hydrazine groups is 1. The third-order valence-electron chi connectivity index (χ3n) is 5.64. The van der Waals surface area contributed by atoms with Crippen LogP contribution in [0.2, 0.25) is 0 Å². The molecule has 1 heterocycles. The van der Waals surface area contributed by atoms with Crippen LogP contribution in [0.1, 0.15) is 57.1 Å². The van der Waals surface area contributed by atoms with Gasteiger partial charge in [0.1, 0.15) is 16.1 Å². The SMILES string of the molecule is Cc1ccc(NNC(=O)CN(Cc2ccc(SC(C)(C)C(=O)OC(C)(C)C)cc2)Cc2ccco2)c(C)c1. The lowest BCUT2D eigenvalue weighted by molar-refractivity contribution is -0.156. The molecular weight excluding hydrogens is 498 g/mol. The molecule has 1 amide bonds. The van der Waals surface area contributed by atoms with Crippen molar-refractivity contribution < 1.29 is 18.7 Å². The van der Waals surface area contributed by atoms with Crippen molar-refractivity contribution in [1.82, 2.24) is 10.3 Å². The molecule has 0 radical (unpaired) electrons. The number of nitrogens with one attached hydrogen (secondary N) is 2. The number of ether oxygens (including phenoxy) is 1. The Morgan fingerprint density at radius 1 is 0.974 bits per heavy atom. The molecule has 0 unspecified atom stereocenters. The van der Waals surface area contributed by atoms with Gasteiger partial charge in [0.05, 0.1) is 25.0 Å². The van der Waals surface area contributed by atoms with Crippen molar-refractivity contribution in [2.24, 2.45) is 0 Å². The van der Waals surface area contributed by atoms with Gasteiger partial charge in [-0.3, -0.25) is 25.3 Å². The van der Waals surface area contributed by atoms with Crippen molar-refractivity contribution >= 4 is 29.3 Å². The summed E-state index contributed by atoms with van der Waals surface area (Å²) in [6, 6.07) is 17.8. The number of rotatable bonds is 11. The molecule has 8 heteroatoms. The molecule has 0 spiro atoms. The number of benzene rings is 2. The quantitative estimate of drug-likeness (QED) is 0.170. The highest BCUT2D eigenvalue weighted by Gasteiger charge is 2.33. The van der Waals surface area contributed by atoms with Crippen molar-refractivity contribution in [2.75, 3.05) is 12.0 Å². The first-order valence-corrected chi connectivity index (χ1v) is 13.5. The summed E-state index contributed by atoms with van der Waals surface area (Å²) in [6.07, 6.45) is 1.63. The lowest BCUT2D eigenvalue weighted by Gasteiger charge is -2.28. The summed E-state index contributed by atoms with van der Waals surface area (Å²) in [5, 5.41) is 0. The number of amides is 1. The predicted octanol–water partition coefficient (Wildman–Crippen LogP) is 6.25. The van der Waals surface area contributed by atoms with Crippen LogP contribution in [-0.2, 0) is 27.4 Å². The van der Waals surface area contributed by atoms with E-state index in [0.717, 1.165) is 27.5 Å². The Hall–Kier alpha value is -3.23. The fourth-order valence-corrected chi connectivity index (χ4v) is 4.77. The molecular formula is C30H39N3O4S. The highest BCUT2D eigenvalue weighted by molar-refractivity contribution is 8.01. The van der Waals surface area contributed by atoms with E-state index < -0.39 is 10.3 Å². The Balaban J connectivity index is 1.63. The van der Waals surface area contributed by atoms with E-state index in [-0.39, 0.29) is 18.4 Å². The van der Waals surface area contributed by atoms with E-state index in [4.69, 9.17) is 9.15 Å². The van der Waals surface area contributed by atoms with Crippen molar-refractivity contribution in [1.29, 1.82) is 0 Å². The topological polar surface area (TPSA) is 83.8 Å². The standard InChI is InChI=1S/C30H39N3O4S/c1-21-10-15-26(22(2)17-21)31-32-27(34)20-33(19-24-9-8-16-36-24)18-23-11-13-25(14-12-23)38-30(6,7)28(35)37-29(3,4)5/h8-17,31H,18-20H2,1-7H3,(H,32,34). The molecule has 3 rings (SSSR count). The van der Waals surface area contributed by atoms with Crippen molar-refractivity contribution in [3.8, 4) is 0 Å². The minimum Gasteiger partial charge on any atom is -0.468 e. The Morgan fingerprint density at radius 2 is 1.68 bits per heavy atom. The average molecular weight is 538 g/mol. The highest BCUT2D eigenvalue weighted by Crippen LogP contribution is 2.34. The minimum atomic E-state index is -0.721. The summed E-state index contributed by atoms with van der Waals surface area (Å²) >= 11 is 1.47. The van der Waals surface area contributed by atoms with Gasteiger partial charge in [-0.1, -0.05) is 29.8 Å². The molecule has 7 nitrogen and oxygen atoms in total. The van der Waals surface area contributed by atoms with Gasteiger partial charge < -0.3 is 9.15 Å². The summed E-state index contributed by atoms with van der Waals surface area (Å²) in [4.78, 5) is 28.4. The molecule has 0 bridgehead atoms. The molecule has 0 saturated heterocycles. The van der Waals surface area contributed by atoms with Crippen molar-refractivity contribution in [3.63, 3.8) is 0 Å². The van der Waals surface area contributed by atoms with Crippen molar-refractivity contribution in [2.45, 2.75) is 76.8 Å². The van der Waals surface area contributed by atoms with Gasteiger partial charge in [-0.2, -0.15) is 0 Å². The monoisotopic (exact) mass is 537 g/mol. The molecule has 0 aliphatic heterocycles. The Labute approximate surface area is 230 Å². The van der Waals surface area contributed by atoms with E-state index in [1.54, 1.807) is 6.26 Å². The van der Waals surface area contributed by atoms with Crippen LogP contribution in [0.4, 0.5) is 5.69 Å². The van der Waals surface area contributed by atoms with Gasteiger partial charge in [-0.05, 0) is 89.9 Å². The fraction of sp³-hybridized carbons (Fsp3) is 0.400. The highest BCUT2D eigenvalue weighted by atomic mass is 32.2. The maximum atomic E-state index is 12.8. The van der Waals surface area contributed by atoms with E-state index in [0.29, 0.717) is 13.1 Å². The van der Waals surface area contributed by atoms with Gasteiger partial charge in [-0.15, -0.1) is 11.8 Å². The van der Waals surface area contributed by atoms with Crippen LogP contribution < -0.4 is 10.9 Å². The molecule has 0 aliphatic carbocycles. The first-order chi connectivity index (χ1) is 17.8. The van der Waals surface area contributed by atoms with E-state index in [9.17, 15) is 9.59 Å². The van der Waals surface area contributed by atoms with Crippen LogP contribution in [0, 0.1) is 13.8 Å². The molecule has 2 N–H and O–H groups in total. The molecule has 2 aromatic carbocycles. The Bertz CT molecular complexity index is 1220. The third kappa shape index (κ3) is 9.26. The van der Waals surface area contributed by atoms with Crippen molar-refractivity contribution in [3.05, 3.63) is 83.3 Å². The second kappa shape index (κ2) is 12.5. The summed E-state index contributed by atoms with van der Waals surface area (Å²) < 4.78 is 10.4. The van der Waals surface area contributed by atoms with E-state index in [2.05, 4.69) is 16.9 Å². The van der Waals surface area contributed by atoms with E-state index >= 15 is 0 Å². The van der Waals surface area contributed by atoms with E-state index in [1.165, 1.54) is 17.3 Å². The zero-order valence-corrected chi connectivity index (χ0v) is 24.2. The van der Waals surface area contributed by atoms with Crippen LogP contribution in [0.15, 0.2) is 70.2 Å². The fourth-order valence-electron chi connectivity index (χ4n) is 3.78. The second-order valence-corrected chi connectivity index (χ2v) is 12.7. The Morgan fingerprint density at radius 3 is 2.29 bits per heavy atom. The zero-order valence-electron chi connectivity index (χ0n) is 23.4. The number of carbonyl (C=O) groups excluding carboxylic acids is 2. The number of hydrogen-bond acceptors (Lipinski definition) is 7. The molecule has 0 atom stereocenters. The number of anilines is 1. The van der Waals surface area contributed by atoms with Gasteiger partial charge in [0.2, 0.25) is 0 Å². The lowest BCUT2D eigenvalue weighted by Crippen LogP contribution is -2.39. The summed E-state index contributed by atoms with van der Waals surface area (Å²) in [6.45, 7) is 14.6. The smallest absolute Gasteiger partial charge is 0.322 e. The van der Waals surface area contributed by atoms with Gasteiger partial charge >= 0.3 is 5.97 Å². The number of carbonyl (C=O) groups is 2. The number of esters is 1. The van der Waals surface area contributed by atoms with Crippen LogP contribution in [-0.4, -0.2) is 33.7 Å². The van der Waals surface area contributed by atoms with Crippen LogP contribution >= 0.6 is 11.8 Å². The first-order valence-electron chi connectivity index (χ1n) is 12.7. The normalized spacial score (nSPS) is 11.9. The number of aryl methyl sites for hydroxylation is 2. The maximum absolute atomic E-state index is 12.8. The van der Waals surface area contributed by atoms with E-state index in [1.807, 2.05) is 102 Å². The van der Waals surface area contributed by atoms with Gasteiger partial charge in [0.25, 0.3) is 5.91 Å².